The van der Waals surface area contributed by atoms with E-state index >= 15 is 0 Å². The third kappa shape index (κ3) is 4.50. The summed E-state index contributed by atoms with van der Waals surface area (Å²) in [7, 11) is 0. The zero-order chi connectivity index (χ0) is 14.5. The molecule has 0 radical (unpaired) electrons. The Morgan fingerprint density at radius 1 is 1.40 bits per heavy atom. The minimum absolute atomic E-state index is 0.379. The van der Waals surface area contributed by atoms with Gasteiger partial charge in [-0.05, 0) is 43.9 Å². The fourth-order valence-electron chi connectivity index (χ4n) is 3.02. The van der Waals surface area contributed by atoms with Crippen LogP contribution in [0.5, 0.6) is 5.75 Å². The lowest BCUT2D eigenvalue weighted by Gasteiger charge is -2.29. The number of hydrogen-bond donors (Lipinski definition) is 2. The van der Waals surface area contributed by atoms with Gasteiger partial charge < -0.3 is 14.7 Å². The van der Waals surface area contributed by atoms with Crippen molar-refractivity contribution in [3.63, 3.8) is 0 Å². The quantitative estimate of drug-likeness (QED) is 0.853. The molecule has 1 aliphatic heterocycles. The van der Waals surface area contributed by atoms with Gasteiger partial charge in [-0.25, -0.2) is 0 Å². The number of aryl methyl sites for hydroxylation is 2. The van der Waals surface area contributed by atoms with E-state index in [1.807, 2.05) is 13.0 Å². The molecule has 20 heavy (non-hydrogen) atoms. The van der Waals surface area contributed by atoms with Crippen LogP contribution in [0.2, 0.25) is 0 Å². The lowest BCUT2D eigenvalue weighted by Crippen LogP contribution is -3.14. The van der Waals surface area contributed by atoms with Gasteiger partial charge in [0.25, 0.3) is 0 Å². The van der Waals surface area contributed by atoms with Gasteiger partial charge in [0, 0.05) is 5.92 Å². The van der Waals surface area contributed by atoms with Crippen LogP contribution >= 0.6 is 0 Å². The van der Waals surface area contributed by atoms with Crippen molar-refractivity contribution >= 4 is 0 Å². The molecule has 1 fully saturated rings. The standard InChI is InChI=1S/C17H27NO2/c1-13-6-7-15(3)17(9-13)20-12-16(19)11-18-8-4-5-14(2)10-18/h6-7,9,14,16,19H,4-5,8,10-12H2,1-3H3/p+1/t14-,16+/m0/s1. The van der Waals surface area contributed by atoms with Crippen LogP contribution in [0.25, 0.3) is 0 Å². The van der Waals surface area contributed by atoms with Crippen LogP contribution in [0.1, 0.15) is 30.9 Å². The van der Waals surface area contributed by atoms with Crippen molar-refractivity contribution in [2.75, 3.05) is 26.2 Å². The average Bonchev–Trinajstić information content (AvgIpc) is 2.40. The second-order valence-corrected chi connectivity index (χ2v) is 6.39. The Morgan fingerprint density at radius 2 is 2.20 bits per heavy atom. The molecule has 1 unspecified atom stereocenters. The van der Waals surface area contributed by atoms with Gasteiger partial charge in [-0.3, -0.25) is 0 Å². The topological polar surface area (TPSA) is 33.9 Å². The Balaban J connectivity index is 1.79. The molecular weight excluding hydrogens is 250 g/mol. The molecule has 3 heteroatoms. The maximum Gasteiger partial charge on any atom is 0.137 e. The Hall–Kier alpha value is -1.06. The monoisotopic (exact) mass is 278 g/mol. The van der Waals surface area contributed by atoms with Crippen molar-refractivity contribution in [2.24, 2.45) is 5.92 Å². The van der Waals surface area contributed by atoms with E-state index in [0.29, 0.717) is 6.61 Å². The molecule has 2 rings (SSSR count). The van der Waals surface area contributed by atoms with Gasteiger partial charge in [-0.2, -0.15) is 0 Å². The average molecular weight is 278 g/mol. The van der Waals surface area contributed by atoms with E-state index in [9.17, 15) is 5.11 Å². The highest BCUT2D eigenvalue weighted by molar-refractivity contribution is 5.35. The molecule has 1 aliphatic rings. The molecule has 2 N–H and O–H groups in total. The number of likely N-dealkylation sites (tertiary alicyclic amines) is 1. The number of benzene rings is 1. The second kappa shape index (κ2) is 7.09. The van der Waals surface area contributed by atoms with E-state index in [-0.39, 0.29) is 6.10 Å². The van der Waals surface area contributed by atoms with Crippen molar-refractivity contribution in [1.29, 1.82) is 0 Å². The van der Waals surface area contributed by atoms with Crippen molar-refractivity contribution in [3.05, 3.63) is 29.3 Å². The van der Waals surface area contributed by atoms with Crippen molar-refractivity contribution in [1.82, 2.24) is 0 Å². The van der Waals surface area contributed by atoms with Gasteiger partial charge >= 0.3 is 0 Å². The summed E-state index contributed by atoms with van der Waals surface area (Å²) in [6.45, 7) is 9.96. The third-order valence-electron chi connectivity index (χ3n) is 4.16. The predicted molar refractivity (Wildman–Crippen MR) is 81.4 cm³/mol. The molecule has 0 spiro atoms. The SMILES string of the molecule is Cc1ccc(C)c(OC[C@H](O)C[NH+]2CCC[C@H](C)C2)c1. The largest absolute Gasteiger partial charge is 0.490 e. The van der Waals surface area contributed by atoms with Crippen LogP contribution in [0.4, 0.5) is 0 Å². The number of aliphatic hydroxyl groups is 1. The Labute approximate surface area is 122 Å². The molecule has 112 valence electrons. The van der Waals surface area contributed by atoms with Crippen LogP contribution in [-0.2, 0) is 0 Å². The maximum absolute atomic E-state index is 10.2. The highest BCUT2D eigenvalue weighted by atomic mass is 16.5. The first-order chi connectivity index (χ1) is 9.54. The molecule has 1 heterocycles. The maximum atomic E-state index is 10.2. The zero-order valence-corrected chi connectivity index (χ0v) is 13.0. The van der Waals surface area contributed by atoms with Gasteiger partial charge in [0.05, 0.1) is 13.1 Å². The summed E-state index contributed by atoms with van der Waals surface area (Å²) in [4.78, 5) is 1.51. The minimum atomic E-state index is -0.379. The summed E-state index contributed by atoms with van der Waals surface area (Å²) in [6.07, 6.45) is 2.23. The Morgan fingerprint density at radius 3 is 2.95 bits per heavy atom. The van der Waals surface area contributed by atoms with Gasteiger partial charge in [-0.1, -0.05) is 19.1 Å². The molecule has 0 aliphatic carbocycles. The zero-order valence-electron chi connectivity index (χ0n) is 13.0. The van der Waals surface area contributed by atoms with Crippen LogP contribution in [0, 0.1) is 19.8 Å². The highest BCUT2D eigenvalue weighted by Crippen LogP contribution is 2.19. The highest BCUT2D eigenvalue weighted by Gasteiger charge is 2.22. The fraction of sp³-hybridized carbons (Fsp3) is 0.647. The molecule has 3 atom stereocenters. The van der Waals surface area contributed by atoms with Crippen molar-refractivity contribution < 1.29 is 14.7 Å². The molecule has 0 saturated carbocycles. The van der Waals surface area contributed by atoms with Gasteiger partial charge in [-0.15, -0.1) is 0 Å². The third-order valence-corrected chi connectivity index (χ3v) is 4.16. The summed E-state index contributed by atoms with van der Waals surface area (Å²) in [5.41, 5.74) is 2.32. The number of rotatable bonds is 5. The first kappa shape index (κ1) is 15.3. The van der Waals surface area contributed by atoms with E-state index in [4.69, 9.17) is 4.74 Å². The first-order valence-electron chi connectivity index (χ1n) is 7.76. The van der Waals surface area contributed by atoms with E-state index in [1.165, 1.54) is 36.4 Å². The smallest absolute Gasteiger partial charge is 0.137 e. The Bertz CT molecular complexity index is 433. The minimum Gasteiger partial charge on any atom is -0.490 e. The van der Waals surface area contributed by atoms with Crippen LogP contribution in [-0.4, -0.2) is 37.5 Å². The summed E-state index contributed by atoms with van der Waals surface area (Å²) in [6, 6.07) is 6.18. The molecule has 1 aromatic carbocycles. The Kier molecular flexibility index (Phi) is 5.44. The van der Waals surface area contributed by atoms with Crippen LogP contribution < -0.4 is 9.64 Å². The van der Waals surface area contributed by atoms with Crippen molar-refractivity contribution in [3.8, 4) is 5.75 Å². The molecule has 0 bridgehead atoms. The molecule has 0 aromatic heterocycles. The molecule has 1 aromatic rings. The van der Waals surface area contributed by atoms with Crippen LogP contribution in [0.15, 0.2) is 18.2 Å². The lowest BCUT2D eigenvalue weighted by molar-refractivity contribution is -0.911. The summed E-state index contributed by atoms with van der Waals surface area (Å²) < 4.78 is 5.78. The van der Waals surface area contributed by atoms with E-state index in [0.717, 1.165) is 23.8 Å². The van der Waals surface area contributed by atoms with E-state index < -0.39 is 0 Å². The summed E-state index contributed by atoms with van der Waals surface area (Å²) in [5, 5.41) is 10.2. The van der Waals surface area contributed by atoms with E-state index in [1.54, 1.807) is 0 Å². The molecular formula is C17H28NO2+. The lowest BCUT2D eigenvalue weighted by atomic mass is 10.0. The summed E-state index contributed by atoms with van der Waals surface area (Å²) in [5.74, 6) is 1.68. The number of hydrogen-bond acceptors (Lipinski definition) is 2. The number of aliphatic hydroxyl groups excluding tert-OH is 1. The van der Waals surface area contributed by atoms with Gasteiger partial charge in [0.2, 0.25) is 0 Å². The number of quaternary nitrogens is 1. The molecule has 1 saturated heterocycles. The second-order valence-electron chi connectivity index (χ2n) is 6.39. The molecule has 3 nitrogen and oxygen atoms in total. The van der Waals surface area contributed by atoms with E-state index in [2.05, 4.69) is 26.0 Å². The number of piperidine rings is 1. The van der Waals surface area contributed by atoms with Crippen molar-refractivity contribution in [2.45, 2.75) is 39.7 Å². The number of nitrogens with one attached hydrogen (secondary N) is 1. The fourth-order valence-corrected chi connectivity index (χ4v) is 3.02. The predicted octanol–water partition coefficient (Wildman–Crippen LogP) is 1.36. The molecule has 0 amide bonds. The van der Waals surface area contributed by atoms with Gasteiger partial charge in [0.15, 0.2) is 0 Å². The number of ether oxygens (including phenoxy) is 1. The first-order valence-corrected chi connectivity index (χ1v) is 7.76. The van der Waals surface area contributed by atoms with Gasteiger partial charge in [0.1, 0.15) is 25.0 Å². The van der Waals surface area contributed by atoms with Crippen LogP contribution in [0.3, 0.4) is 0 Å². The normalized spacial score (nSPS) is 24.4. The summed E-state index contributed by atoms with van der Waals surface area (Å²) >= 11 is 0.